The van der Waals surface area contributed by atoms with Crippen LogP contribution in [0.4, 0.5) is 0 Å². The summed E-state index contributed by atoms with van der Waals surface area (Å²) in [6.45, 7) is -0.226. The number of aliphatic carboxylic acids is 3. The molecule has 0 saturated heterocycles. The Morgan fingerprint density at radius 2 is 0.773 bits per heavy atom. The van der Waals surface area contributed by atoms with Crippen molar-refractivity contribution in [2.45, 2.75) is 38.5 Å². The van der Waals surface area contributed by atoms with Crippen LogP contribution >= 0.6 is 0 Å². The minimum absolute atomic E-state index is 0. The second-order valence-electron chi connectivity index (χ2n) is 3.60. The predicted molar refractivity (Wildman–Crippen MR) is 69.7 cm³/mol. The van der Waals surface area contributed by atoms with Crippen LogP contribution in [0.25, 0.3) is 0 Å². The van der Waals surface area contributed by atoms with Crippen LogP contribution in [-0.4, -0.2) is 61.5 Å². The molecule has 0 aromatic carbocycles. The number of hydrogen-bond acceptors (Lipinski definition) is 9. The molecule has 126 valence electrons. The maximum Gasteiger partial charge on any atom is 3.00 e. The number of aliphatic hydroxyl groups excluding tert-OH is 3. The van der Waals surface area contributed by atoms with Gasteiger partial charge in [0.2, 0.25) is 0 Å². The van der Waals surface area contributed by atoms with Crippen molar-refractivity contribution in [2.75, 3.05) is 19.8 Å². The van der Waals surface area contributed by atoms with Crippen LogP contribution in [0.2, 0.25) is 0 Å². The van der Waals surface area contributed by atoms with Gasteiger partial charge in [-0.05, 0) is 38.5 Å². The largest absolute Gasteiger partial charge is 3.00 e. The molecule has 0 amide bonds. The van der Waals surface area contributed by atoms with Gasteiger partial charge in [-0.1, -0.05) is 0 Å². The minimum Gasteiger partial charge on any atom is -0.550 e. The smallest absolute Gasteiger partial charge is 0.550 e. The van der Waals surface area contributed by atoms with Gasteiger partial charge in [-0.25, -0.2) is 0 Å². The molecule has 0 heterocycles. The molecule has 0 aromatic rings. The van der Waals surface area contributed by atoms with Gasteiger partial charge >= 0.3 is 8.41 Å². The van der Waals surface area contributed by atoms with Gasteiger partial charge in [0.1, 0.15) is 0 Å². The van der Waals surface area contributed by atoms with Crippen molar-refractivity contribution >= 4 is 26.3 Å². The zero-order valence-electron chi connectivity index (χ0n) is 12.2. The second kappa shape index (κ2) is 24.4. The Kier molecular flexibility index (Phi) is 31.6. The molecule has 0 atom stereocenters. The summed E-state index contributed by atoms with van der Waals surface area (Å²) < 4.78 is 0. The number of carboxylic acid groups (broad SMARTS) is 3. The van der Waals surface area contributed by atoms with Crippen molar-refractivity contribution in [3.05, 3.63) is 0 Å². The standard InChI is InChI=1S/3C4H8O3.B/c3*5-3-1-2-4(6)7;/h3*5H,1-3H2,(H,6,7);/q;;;+3/p-3. The van der Waals surface area contributed by atoms with E-state index in [2.05, 4.69) is 0 Å². The molecule has 0 aromatic heterocycles. The third-order valence-electron chi connectivity index (χ3n) is 1.62. The van der Waals surface area contributed by atoms with E-state index in [-0.39, 0.29) is 47.5 Å². The Bertz CT molecular complexity index is 229. The molecule has 0 fully saturated rings. The van der Waals surface area contributed by atoms with Crippen molar-refractivity contribution in [2.24, 2.45) is 0 Å². The van der Waals surface area contributed by atoms with Crippen molar-refractivity contribution in [1.29, 1.82) is 0 Å². The summed E-state index contributed by atoms with van der Waals surface area (Å²) in [5.74, 6) is -3.31. The Morgan fingerprint density at radius 3 is 0.818 bits per heavy atom. The molecule has 9 nitrogen and oxygen atoms in total. The third-order valence-corrected chi connectivity index (χ3v) is 1.62. The van der Waals surface area contributed by atoms with Gasteiger partial charge in [0, 0.05) is 37.7 Å². The molecule has 0 unspecified atom stereocenters. The van der Waals surface area contributed by atoms with E-state index >= 15 is 0 Å². The molecule has 0 saturated carbocycles. The summed E-state index contributed by atoms with van der Waals surface area (Å²) in [6.07, 6.45) is 0.747. The maximum absolute atomic E-state index is 9.54. The molecule has 22 heavy (non-hydrogen) atoms. The summed E-state index contributed by atoms with van der Waals surface area (Å²) in [7, 11) is 0. The van der Waals surface area contributed by atoms with Crippen molar-refractivity contribution in [3.8, 4) is 0 Å². The molecule has 0 rings (SSSR count). The minimum atomic E-state index is -1.10. The fourth-order valence-corrected chi connectivity index (χ4v) is 0.670. The maximum atomic E-state index is 9.54. The third kappa shape index (κ3) is 51.6. The van der Waals surface area contributed by atoms with E-state index in [1.807, 2.05) is 0 Å². The van der Waals surface area contributed by atoms with E-state index < -0.39 is 17.9 Å². The van der Waals surface area contributed by atoms with E-state index in [0.29, 0.717) is 19.3 Å². The average molecular weight is 320 g/mol. The van der Waals surface area contributed by atoms with E-state index in [9.17, 15) is 29.7 Å². The first-order valence-corrected chi connectivity index (χ1v) is 6.23. The first-order valence-electron chi connectivity index (χ1n) is 6.23. The van der Waals surface area contributed by atoms with Crippen LogP contribution in [0, 0.1) is 0 Å². The van der Waals surface area contributed by atoms with Gasteiger partial charge in [-0.3, -0.25) is 0 Å². The molecular formula is C12H21BO9. The normalized spacial score (nSPS) is 8.32. The fourth-order valence-electron chi connectivity index (χ4n) is 0.670. The van der Waals surface area contributed by atoms with E-state index in [4.69, 9.17) is 15.3 Å². The number of hydrogen-bond donors (Lipinski definition) is 3. The summed E-state index contributed by atoms with van der Waals surface area (Å²) in [6, 6.07) is 0. The van der Waals surface area contributed by atoms with Crippen LogP contribution in [0.1, 0.15) is 38.5 Å². The van der Waals surface area contributed by atoms with E-state index in [1.54, 1.807) is 0 Å². The van der Waals surface area contributed by atoms with Gasteiger partial charge in [0.25, 0.3) is 0 Å². The first-order chi connectivity index (χ1) is 9.81. The second-order valence-corrected chi connectivity index (χ2v) is 3.60. The summed E-state index contributed by atoms with van der Waals surface area (Å²) in [4.78, 5) is 28.6. The van der Waals surface area contributed by atoms with E-state index in [1.165, 1.54) is 0 Å². The zero-order chi connectivity index (χ0) is 17.1. The summed E-state index contributed by atoms with van der Waals surface area (Å²) in [5.41, 5.74) is 0. The van der Waals surface area contributed by atoms with Crippen LogP contribution in [0.15, 0.2) is 0 Å². The number of carbonyl (C=O) groups excluding carboxylic acids is 3. The topological polar surface area (TPSA) is 181 Å². The number of carbonyl (C=O) groups is 3. The number of rotatable bonds is 9. The molecule has 0 spiro atoms. The SMILES string of the molecule is O=C([O-])CCCO.O=C([O-])CCCO.O=C([O-])CCCO.[B+3]. The van der Waals surface area contributed by atoms with Crippen LogP contribution in [0.5, 0.6) is 0 Å². The van der Waals surface area contributed by atoms with Crippen molar-refractivity contribution in [1.82, 2.24) is 0 Å². The molecular weight excluding hydrogens is 299 g/mol. The zero-order valence-corrected chi connectivity index (χ0v) is 12.2. The number of carboxylic acids is 3. The molecule has 0 aliphatic rings. The molecule has 0 aliphatic heterocycles. The molecule has 0 bridgehead atoms. The Morgan fingerprint density at radius 1 is 0.591 bits per heavy atom. The summed E-state index contributed by atoms with van der Waals surface area (Å²) >= 11 is 0. The van der Waals surface area contributed by atoms with Gasteiger partial charge in [0.15, 0.2) is 0 Å². The predicted octanol–water partition coefficient (Wildman–Crippen LogP) is -4.85. The Hall–Kier alpha value is -1.65. The molecule has 3 N–H and O–H groups in total. The Balaban J connectivity index is -0.000000108. The molecule has 10 heteroatoms. The van der Waals surface area contributed by atoms with Gasteiger partial charge < -0.3 is 45.0 Å². The fraction of sp³-hybridized carbons (Fsp3) is 0.750. The average Bonchev–Trinajstić information content (AvgIpc) is 2.41. The Labute approximate surface area is 130 Å². The van der Waals surface area contributed by atoms with Crippen LogP contribution < -0.4 is 15.3 Å². The summed E-state index contributed by atoms with van der Waals surface area (Å²) in [5, 5.41) is 52.7. The van der Waals surface area contributed by atoms with Crippen LogP contribution in [-0.2, 0) is 14.4 Å². The molecule has 0 radical (unpaired) electrons. The number of aliphatic hydroxyl groups is 3. The van der Waals surface area contributed by atoms with E-state index in [0.717, 1.165) is 0 Å². The first kappa shape index (κ1) is 28.5. The van der Waals surface area contributed by atoms with Gasteiger partial charge in [0.05, 0.1) is 0 Å². The van der Waals surface area contributed by atoms with Gasteiger partial charge in [-0.15, -0.1) is 0 Å². The van der Waals surface area contributed by atoms with Crippen molar-refractivity contribution in [3.63, 3.8) is 0 Å². The van der Waals surface area contributed by atoms with Gasteiger partial charge in [-0.2, -0.15) is 0 Å². The molecule has 0 aliphatic carbocycles. The van der Waals surface area contributed by atoms with Crippen molar-refractivity contribution < 1.29 is 45.0 Å². The monoisotopic (exact) mass is 320 g/mol. The quantitative estimate of drug-likeness (QED) is 0.351. The van der Waals surface area contributed by atoms with Crippen LogP contribution in [0.3, 0.4) is 0 Å².